The maximum atomic E-state index is 13.3. The van der Waals surface area contributed by atoms with Crippen molar-refractivity contribution < 1.29 is 19.1 Å². The van der Waals surface area contributed by atoms with Gasteiger partial charge in [0.25, 0.3) is 5.91 Å². The average Bonchev–Trinajstić information content (AvgIpc) is 3.16. The van der Waals surface area contributed by atoms with Gasteiger partial charge in [-0.2, -0.15) is 0 Å². The third-order valence-corrected chi connectivity index (χ3v) is 5.87. The summed E-state index contributed by atoms with van der Waals surface area (Å²) >= 11 is 0. The molecular weight excluding hydrogens is 416 g/mol. The Morgan fingerprint density at radius 2 is 1.94 bits per heavy atom. The van der Waals surface area contributed by atoms with Gasteiger partial charge in [-0.3, -0.25) is 14.6 Å². The topological polar surface area (TPSA) is 68.7 Å². The molecule has 4 rings (SSSR count). The number of carbonyl (C=O) groups is 2. The van der Waals surface area contributed by atoms with Gasteiger partial charge in [0.2, 0.25) is 0 Å². The number of hydrogen-bond donors (Lipinski definition) is 0. The molecule has 0 bridgehead atoms. The summed E-state index contributed by atoms with van der Waals surface area (Å²) in [5.74, 6) is 1.17. The highest BCUT2D eigenvalue weighted by Gasteiger charge is 2.34. The molecule has 6 nitrogen and oxygen atoms in total. The third-order valence-electron chi connectivity index (χ3n) is 5.87. The number of hydrogen-bond acceptors (Lipinski definition) is 5. The van der Waals surface area contributed by atoms with Crippen molar-refractivity contribution >= 4 is 11.7 Å². The summed E-state index contributed by atoms with van der Waals surface area (Å²) in [4.78, 5) is 32.5. The molecule has 0 N–H and O–H groups in total. The van der Waals surface area contributed by atoms with E-state index in [4.69, 9.17) is 9.47 Å². The first-order chi connectivity index (χ1) is 16.0. The molecule has 1 atom stereocenters. The van der Waals surface area contributed by atoms with Gasteiger partial charge in [-0.15, -0.1) is 0 Å². The second kappa shape index (κ2) is 9.86. The number of ether oxygens (including phenoxy) is 2. The Balaban J connectivity index is 1.65. The van der Waals surface area contributed by atoms with Gasteiger partial charge in [-0.25, -0.2) is 0 Å². The van der Waals surface area contributed by atoms with Crippen LogP contribution in [0.25, 0.3) is 0 Å². The Morgan fingerprint density at radius 3 is 2.64 bits per heavy atom. The number of rotatable bonds is 9. The van der Waals surface area contributed by atoms with Crippen molar-refractivity contribution in [3.63, 3.8) is 0 Å². The standard InChI is InChI=1S/C27H28N2O4/c1-4-33-25-12-10-19(13-26(25)32-3)24(15-22(30)14-21-11-9-18(2)16-28-21)29-17-20-7-5-6-8-23(20)27(29)31/h5-13,16,24H,4,14-15,17H2,1-3H3. The molecular formula is C27H28N2O4. The van der Waals surface area contributed by atoms with E-state index in [0.29, 0.717) is 30.2 Å². The lowest BCUT2D eigenvalue weighted by molar-refractivity contribution is -0.119. The Kier molecular flexibility index (Phi) is 6.73. The van der Waals surface area contributed by atoms with Gasteiger partial charge in [-0.1, -0.05) is 30.3 Å². The number of methoxy groups -OCH3 is 1. The van der Waals surface area contributed by atoms with E-state index in [2.05, 4.69) is 4.98 Å². The molecule has 1 aromatic heterocycles. The summed E-state index contributed by atoms with van der Waals surface area (Å²) < 4.78 is 11.2. The van der Waals surface area contributed by atoms with Crippen LogP contribution < -0.4 is 9.47 Å². The van der Waals surface area contributed by atoms with E-state index in [0.717, 1.165) is 22.4 Å². The number of aromatic nitrogens is 1. The van der Waals surface area contributed by atoms with E-state index in [1.54, 1.807) is 18.2 Å². The van der Waals surface area contributed by atoms with Crippen LogP contribution >= 0.6 is 0 Å². The lowest BCUT2D eigenvalue weighted by Crippen LogP contribution is -2.31. The van der Waals surface area contributed by atoms with Crippen LogP contribution in [0.3, 0.4) is 0 Å². The fourth-order valence-corrected chi connectivity index (χ4v) is 4.20. The number of Topliss-reactive ketones (excluding diaryl/α,β-unsaturated/α-hetero) is 1. The van der Waals surface area contributed by atoms with Gasteiger partial charge in [-0.05, 0) is 54.8 Å². The minimum atomic E-state index is -0.424. The van der Waals surface area contributed by atoms with Gasteiger partial charge in [0.1, 0.15) is 5.78 Å². The molecule has 3 aromatic rings. The van der Waals surface area contributed by atoms with Gasteiger partial charge in [0, 0.05) is 36.8 Å². The van der Waals surface area contributed by atoms with E-state index in [-0.39, 0.29) is 24.5 Å². The van der Waals surface area contributed by atoms with Gasteiger partial charge < -0.3 is 14.4 Å². The van der Waals surface area contributed by atoms with Crippen molar-refractivity contribution in [2.45, 2.75) is 39.3 Å². The molecule has 0 aliphatic carbocycles. The Hall–Kier alpha value is -3.67. The summed E-state index contributed by atoms with van der Waals surface area (Å²) in [6.45, 7) is 4.85. The molecule has 1 aliphatic rings. The molecule has 2 aromatic carbocycles. The second-order valence-electron chi connectivity index (χ2n) is 8.20. The molecule has 0 fully saturated rings. The van der Waals surface area contributed by atoms with Crippen molar-refractivity contribution in [1.82, 2.24) is 9.88 Å². The molecule has 1 aliphatic heterocycles. The molecule has 170 valence electrons. The predicted octanol–water partition coefficient (Wildman–Crippen LogP) is 4.70. The summed E-state index contributed by atoms with van der Waals surface area (Å²) in [6.07, 6.45) is 2.17. The van der Waals surface area contributed by atoms with Crippen molar-refractivity contribution in [3.05, 3.63) is 88.7 Å². The number of amides is 1. The quantitative estimate of drug-likeness (QED) is 0.479. The molecule has 1 unspecified atom stereocenters. The molecule has 0 spiro atoms. The first-order valence-electron chi connectivity index (χ1n) is 11.1. The van der Waals surface area contributed by atoms with Gasteiger partial charge in [0.05, 0.1) is 19.8 Å². The van der Waals surface area contributed by atoms with Gasteiger partial charge in [0.15, 0.2) is 11.5 Å². The molecule has 0 saturated heterocycles. The van der Waals surface area contributed by atoms with Crippen LogP contribution in [0.1, 0.15) is 52.1 Å². The molecule has 2 heterocycles. The Bertz CT molecular complexity index is 1160. The summed E-state index contributed by atoms with van der Waals surface area (Å²) in [6, 6.07) is 16.6. The highest BCUT2D eigenvalue weighted by molar-refractivity contribution is 5.99. The van der Waals surface area contributed by atoms with Crippen LogP contribution in [-0.4, -0.2) is 35.3 Å². The zero-order chi connectivity index (χ0) is 23.4. The fraction of sp³-hybridized carbons (Fsp3) is 0.296. The van der Waals surface area contributed by atoms with Crippen molar-refractivity contribution in [3.8, 4) is 11.5 Å². The zero-order valence-electron chi connectivity index (χ0n) is 19.2. The molecule has 6 heteroatoms. The van der Waals surface area contributed by atoms with Crippen molar-refractivity contribution in [1.29, 1.82) is 0 Å². The number of fused-ring (bicyclic) bond motifs is 1. The zero-order valence-corrected chi connectivity index (χ0v) is 19.2. The SMILES string of the molecule is CCOc1ccc(C(CC(=O)Cc2ccc(C)cn2)N2Cc3ccccc3C2=O)cc1OC. The maximum absolute atomic E-state index is 13.3. The minimum Gasteiger partial charge on any atom is -0.493 e. The van der Waals surface area contributed by atoms with E-state index in [1.165, 1.54) is 0 Å². The van der Waals surface area contributed by atoms with Crippen LogP contribution in [0.15, 0.2) is 60.8 Å². The van der Waals surface area contributed by atoms with Crippen LogP contribution in [0.2, 0.25) is 0 Å². The molecule has 33 heavy (non-hydrogen) atoms. The largest absolute Gasteiger partial charge is 0.493 e. The summed E-state index contributed by atoms with van der Waals surface area (Å²) in [5, 5.41) is 0. The highest BCUT2D eigenvalue weighted by atomic mass is 16.5. The average molecular weight is 445 g/mol. The summed E-state index contributed by atoms with van der Waals surface area (Å²) in [7, 11) is 1.59. The monoisotopic (exact) mass is 444 g/mol. The van der Waals surface area contributed by atoms with Crippen LogP contribution in [-0.2, 0) is 17.8 Å². The number of benzene rings is 2. The maximum Gasteiger partial charge on any atom is 0.255 e. The van der Waals surface area contributed by atoms with Crippen molar-refractivity contribution in [2.24, 2.45) is 0 Å². The lowest BCUT2D eigenvalue weighted by atomic mass is 9.97. The lowest BCUT2D eigenvalue weighted by Gasteiger charge is -2.28. The highest BCUT2D eigenvalue weighted by Crippen LogP contribution is 2.37. The normalized spacial score (nSPS) is 13.5. The minimum absolute atomic E-state index is 0.0213. The smallest absolute Gasteiger partial charge is 0.255 e. The van der Waals surface area contributed by atoms with E-state index >= 15 is 0 Å². The van der Waals surface area contributed by atoms with Crippen LogP contribution in [0.5, 0.6) is 11.5 Å². The third kappa shape index (κ3) is 4.90. The molecule has 0 saturated carbocycles. The first kappa shape index (κ1) is 22.5. The van der Waals surface area contributed by atoms with Gasteiger partial charge >= 0.3 is 0 Å². The predicted molar refractivity (Wildman–Crippen MR) is 126 cm³/mol. The molecule has 1 amide bonds. The number of nitrogens with zero attached hydrogens (tertiary/aromatic N) is 2. The first-order valence-corrected chi connectivity index (χ1v) is 11.1. The van der Waals surface area contributed by atoms with E-state index < -0.39 is 6.04 Å². The van der Waals surface area contributed by atoms with E-state index in [9.17, 15) is 9.59 Å². The fourth-order valence-electron chi connectivity index (χ4n) is 4.20. The Morgan fingerprint density at radius 1 is 1.12 bits per heavy atom. The van der Waals surface area contributed by atoms with E-state index in [1.807, 2.05) is 68.4 Å². The van der Waals surface area contributed by atoms with Crippen LogP contribution in [0, 0.1) is 6.92 Å². The Labute approximate surface area is 194 Å². The number of aryl methyl sites for hydroxylation is 1. The van der Waals surface area contributed by atoms with Crippen molar-refractivity contribution in [2.75, 3.05) is 13.7 Å². The number of carbonyl (C=O) groups excluding carboxylic acids is 2. The second-order valence-corrected chi connectivity index (χ2v) is 8.20. The van der Waals surface area contributed by atoms with Crippen LogP contribution in [0.4, 0.5) is 0 Å². The molecule has 0 radical (unpaired) electrons. The number of ketones is 1. The summed E-state index contributed by atoms with van der Waals surface area (Å²) in [5.41, 5.74) is 4.27. The number of pyridine rings is 1.